The fraction of sp³-hybridized carbons (Fsp3) is 0.870. The van der Waals surface area contributed by atoms with Crippen molar-refractivity contribution in [1.82, 2.24) is 0 Å². The number of carbonyl (C=O) groups is 1. The summed E-state index contributed by atoms with van der Waals surface area (Å²) in [5.74, 6) is 0.00139. The average Bonchev–Trinajstić information content (AvgIpc) is 2.62. The first-order valence-electron chi connectivity index (χ1n) is 11.1. The first-order chi connectivity index (χ1) is 12.3. The summed E-state index contributed by atoms with van der Waals surface area (Å²) in [4.78, 5) is 11.6. The lowest BCUT2D eigenvalue weighted by atomic mass is 10.1. The topological polar surface area (TPSA) is 26.3 Å². The zero-order valence-electron chi connectivity index (χ0n) is 17.2. The van der Waals surface area contributed by atoms with E-state index in [4.69, 9.17) is 4.74 Å². The summed E-state index contributed by atoms with van der Waals surface area (Å²) in [5.41, 5.74) is 0. The zero-order valence-corrected chi connectivity index (χ0v) is 17.2. The van der Waals surface area contributed by atoms with Crippen LogP contribution in [0.25, 0.3) is 0 Å². The molecule has 2 nitrogen and oxygen atoms in total. The molecule has 0 fully saturated rings. The summed E-state index contributed by atoms with van der Waals surface area (Å²) in [7, 11) is 0. The van der Waals surface area contributed by atoms with Crippen molar-refractivity contribution >= 4 is 5.97 Å². The molecule has 0 amide bonds. The van der Waals surface area contributed by atoms with Crippen LogP contribution in [0.3, 0.4) is 0 Å². The monoisotopic (exact) mass is 352 g/mol. The highest BCUT2D eigenvalue weighted by Crippen LogP contribution is 2.10. The molecule has 0 rings (SSSR count). The van der Waals surface area contributed by atoms with Gasteiger partial charge in [-0.05, 0) is 38.5 Å². The maximum absolute atomic E-state index is 11.6. The largest absolute Gasteiger partial charge is 0.466 e. The molecule has 0 radical (unpaired) electrons. The van der Waals surface area contributed by atoms with Gasteiger partial charge in [0.05, 0.1) is 6.61 Å². The van der Waals surface area contributed by atoms with E-state index in [0.717, 1.165) is 19.3 Å². The van der Waals surface area contributed by atoms with Crippen LogP contribution in [0.4, 0.5) is 0 Å². The summed E-state index contributed by atoms with van der Waals surface area (Å²) < 4.78 is 5.28. The van der Waals surface area contributed by atoms with E-state index in [0.29, 0.717) is 13.0 Å². The highest BCUT2D eigenvalue weighted by atomic mass is 16.5. The number of rotatable bonds is 19. The molecule has 0 bridgehead atoms. The zero-order chi connectivity index (χ0) is 18.4. The Kier molecular flexibility index (Phi) is 20.6. The van der Waals surface area contributed by atoms with Crippen LogP contribution < -0.4 is 0 Å². The predicted molar refractivity (Wildman–Crippen MR) is 110 cm³/mol. The Hall–Kier alpha value is -0.790. The molecule has 0 spiro atoms. The van der Waals surface area contributed by atoms with Crippen LogP contribution in [-0.4, -0.2) is 12.6 Å². The number of hydrogen-bond acceptors (Lipinski definition) is 2. The van der Waals surface area contributed by atoms with E-state index in [-0.39, 0.29) is 5.97 Å². The lowest BCUT2D eigenvalue weighted by Crippen LogP contribution is -2.05. The normalized spacial score (nSPS) is 11.3. The average molecular weight is 353 g/mol. The van der Waals surface area contributed by atoms with E-state index in [9.17, 15) is 4.79 Å². The molecule has 0 aliphatic rings. The highest BCUT2D eigenvalue weighted by molar-refractivity contribution is 5.69. The summed E-state index contributed by atoms with van der Waals surface area (Å²) in [5, 5.41) is 0. The molecule has 0 aromatic carbocycles. The number of unbranched alkanes of at least 4 members (excludes halogenated alkanes) is 13. The Morgan fingerprint density at radius 2 is 1.12 bits per heavy atom. The van der Waals surface area contributed by atoms with Gasteiger partial charge in [0.15, 0.2) is 0 Å². The maximum atomic E-state index is 11.6. The van der Waals surface area contributed by atoms with Gasteiger partial charge >= 0.3 is 5.97 Å². The fourth-order valence-electron chi connectivity index (χ4n) is 2.95. The van der Waals surface area contributed by atoms with E-state index in [1.54, 1.807) is 0 Å². The van der Waals surface area contributed by atoms with Crippen LogP contribution in [0.2, 0.25) is 0 Å². The molecule has 0 atom stereocenters. The lowest BCUT2D eigenvalue weighted by molar-refractivity contribution is -0.143. The smallest absolute Gasteiger partial charge is 0.305 e. The Labute approximate surface area is 157 Å². The quantitative estimate of drug-likeness (QED) is 0.135. The lowest BCUT2D eigenvalue weighted by Gasteiger charge is -2.05. The first kappa shape index (κ1) is 24.2. The van der Waals surface area contributed by atoms with Crippen LogP contribution in [0.15, 0.2) is 12.2 Å². The minimum atomic E-state index is 0.00139. The second kappa shape index (κ2) is 21.3. The molecule has 0 aromatic rings. The number of carbonyl (C=O) groups excluding carboxylic acids is 1. The van der Waals surface area contributed by atoms with Crippen molar-refractivity contribution in [3.05, 3.63) is 12.2 Å². The minimum Gasteiger partial charge on any atom is -0.466 e. The van der Waals surface area contributed by atoms with Crippen LogP contribution in [0, 0.1) is 0 Å². The molecule has 25 heavy (non-hydrogen) atoms. The fourth-order valence-corrected chi connectivity index (χ4v) is 2.95. The van der Waals surface area contributed by atoms with Gasteiger partial charge in [0, 0.05) is 6.42 Å². The molecule has 0 saturated carbocycles. The molecule has 0 aliphatic heterocycles. The van der Waals surface area contributed by atoms with Crippen molar-refractivity contribution < 1.29 is 9.53 Å². The van der Waals surface area contributed by atoms with Gasteiger partial charge in [0.1, 0.15) is 0 Å². The van der Waals surface area contributed by atoms with Crippen molar-refractivity contribution in [3.63, 3.8) is 0 Å². The molecule has 0 aliphatic carbocycles. The molecule has 0 unspecified atom stereocenters. The number of hydrogen-bond donors (Lipinski definition) is 0. The Balaban J connectivity index is 3.19. The van der Waals surface area contributed by atoms with Gasteiger partial charge in [-0.1, -0.05) is 90.2 Å². The molecule has 0 saturated heterocycles. The van der Waals surface area contributed by atoms with Gasteiger partial charge in [0.25, 0.3) is 0 Å². The number of allylic oxidation sites excluding steroid dienone is 2. The van der Waals surface area contributed by atoms with Crippen LogP contribution in [-0.2, 0) is 9.53 Å². The summed E-state index contributed by atoms with van der Waals surface area (Å²) >= 11 is 0. The molecular formula is C23H44O2. The number of ether oxygens (including phenoxy) is 1. The second-order valence-corrected chi connectivity index (χ2v) is 7.26. The van der Waals surface area contributed by atoms with Crippen molar-refractivity contribution in [2.45, 2.75) is 123 Å². The first-order valence-corrected chi connectivity index (χ1v) is 11.1. The third kappa shape index (κ3) is 21.2. The Morgan fingerprint density at radius 3 is 1.76 bits per heavy atom. The van der Waals surface area contributed by atoms with Crippen molar-refractivity contribution in [1.29, 1.82) is 0 Å². The third-order valence-corrected chi connectivity index (χ3v) is 4.65. The predicted octanol–water partition coefficient (Wildman–Crippen LogP) is 7.76. The van der Waals surface area contributed by atoms with Gasteiger partial charge in [-0.2, -0.15) is 0 Å². The summed E-state index contributed by atoms with van der Waals surface area (Å²) in [6.07, 6.45) is 25.2. The SMILES string of the molecule is CCCCCC/C=C\CCCCCCCC(=O)OCCCCCCC. The van der Waals surface area contributed by atoms with E-state index >= 15 is 0 Å². The van der Waals surface area contributed by atoms with E-state index in [1.165, 1.54) is 83.5 Å². The van der Waals surface area contributed by atoms with Gasteiger partial charge in [-0.15, -0.1) is 0 Å². The minimum absolute atomic E-state index is 0.00139. The number of esters is 1. The van der Waals surface area contributed by atoms with E-state index in [1.807, 2.05) is 0 Å². The molecular weight excluding hydrogens is 308 g/mol. The summed E-state index contributed by atoms with van der Waals surface area (Å²) in [6.45, 7) is 5.09. The van der Waals surface area contributed by atoms with Gasteiger partial charge < -0.3 is 4.74 Å². The van der Waals surface area contributed by atoms with Gasteiger partial charge in [-0.25, -0.2) is 0 Å². The molecule has 0 aromatic heterocycles. The van der Waals surface area contributed by atoms with Crippen LogP contribution in [0.5, 0.6) is 0 Å². The third-order valence-electron chi connectivity index (χ3n) is 4.65. The second-order valence-electron chi connectivity index (χ2n) is 7.26. The van der Waals surface area contributed by atoms with Gasteiger partial charge in [0.2, 0.25) is 0 Å². The Bertz CT molecular complexity index is 296. The standard InChI is InChI=1S/C23H44O2/c1-3-5-7-9-10-11-12-13-14-15-16-17-19-21-23(24)25-22-20-18-8-6-4-2/h11-12H,3-10,13-22H2,1-2H3/b12-11-. The summed E-state index contributed by atoms with van der Waals surface area (Å²) in [6, 6.07) is 0. The molecule has 2 heteroatoms. The molecule has 0 N–H and O–H groups in total. The van der Waals surface area contributed by atoms with Crippen molar-refractivity contribution in [2.24, 2.45) is 0 Å². The van der Waals surface area contributed by atoms with Crippen LogP contribution >= 0.6 is 0 Å². The highest BCUT2D eigenvalue weighted by Gasteiger charge is 2.02. The maximum Gasteiger partial charge on any atom is 0.305 e. The molecule has 148 valence electrons. The Morgan fingerprint density at radius 1 is 0.640 bits per heavy atom. The molecule has 0 heterocycles. The van der Waals surface area contributed by atoms with E-state index < -0.39 is 0 Å². The van der Waals surface area contributed by atoms with Crippen molar-refractivity contribution in [3.8, 4) is 0 Å². The van der Waals surface area contributed by atoms with E-state index in [2.05, 4.69) is 26.0 Å². The van der Waals surface area contributed by atoms with Crippen LogP contribution in [0.1, 0.15) is 123 Å². The van der Waals surface area contributed by atoms with Crippen molar-refractivity contribution in [2.75, 3.05) is 6.61 Å². The van der Waals surface area contributed by atoms with Gasteiger partial charge in [-0.3, -0.25) is 4.79 Å².